The lowest BCUT2D eigenvalue weighted by Gasteiger charge is -1.96. The van der Waals surface area contributed by atoms with Crippen LogP contribution in [0.4, 0.5) is 0 Å². The first kappa shape index (κ1) is 9.71. The second-order valence-electron chi connectivity index (χ2n) is 2.57. The van der Waals surface area contributed by atoms with Gasteiger partial charge in [-0.25, -0.2) is 4.79 Å². The van der Waals surface area contributed by atoms with Crippen LogP contribution in [0.3, 0.4) is 0 Å². The van der Waals surface area contributed by atoms with Crippen molar-refractivity contribution in [3.63, 3.8) is 0 Å². The monoisotopic (exact) mass is 247 g/mol. The summed E-state index contributed by atoms with van der Waals surface area (Å²) in [5, 5.41) is 10.1. The van der Waals surface area contributed by atoms with E-state index < -0.39 is 5.97 Å². The minimum atomic E-state index is -1.10. The molecule has 0 aliphatic carbocycles. The fourth-order valence-corrected chi connectivity index (χ4v) is 2.50. The molecule has 0 unspecified atom stereocenters. The molecule has 0 aliphatic rings. The van der Waals surface area contributed by atoms with Crippen LogP contribution in [0.5, 0.6) is 0 Å². The first-order valence-corrected chi connectivity index (χ1v) is 5.11. The molecule has 0 aliphatic heterocycles. The van der Waals surface area contributed by atoms with Gasteiger partial charge in [-0.2, -0.15) is 4.37 Å². The molecule has 0 saturated carbocycles. The molecule has 0 radical (unpaired) electrons. The Kier molecular flexibility index (Phi) is 2.34. The van der Waals surface area contributed by atoms with Crippen molar-refractivity contribution in [3.8, 4) is 0 Å². The van der Waals surface area contributed by atoms with Crippen molar-refractivity contribution in [2.24, 2.45) is 0 Å². The highest BCUT2D eigenvalue weighted by atomic mass is 35.5. The van der Waals surface area contributed by atoms with Gasteiger partial charge in [0.05, 0.1) is 14.7 Å². The van der Waals surface area contributed by atoms with Gasteiger partial charge in [-0.3, -0.25) is 0 Å². The Morgan fingerprint density at radius 3 is 2.64 bits per heavy atom. The second-order valence-corrected chi connectivity index (χ2v) is 4.16. The number of carboxylic acid groups (broad SMARTS) is 1. The number of aromatic carboxylic acids is 1. The van der Waals surface area contributed by atoms with E-state index in [0.29, 0.717) is 20.1 Å². The molecule has 0 spiro atoms. The van der Waals surface area contributed by atoms with Gasteiger partial charge in [0, 0.05) is 5.39 Å². The SMILES string of the molecule is O=C(O)c1nsc2c(Cl)ccc(Cl)c12. The summed E-state index contributed by atoms with van der Waals surface area (Å²) in [6.07, 6.45) is 0. The van der Waals surface area contributed by atoms with Gasteiger partial charge in [-0.15, -0.1) is 0 Å². The predicted octanol–water partition coefficient (Wildman–Crippen LogP) is 3.30. The van der Waals surface area contributed by atoms with Crippen LogP contribution in [-0.4, -0.2) is 15.4 Å². The molecule has 2 aromatic rings. The van der Waals surface area contributed by atoms with E-state index in [1.54, 1.807) is 12.1 Å². The zero-order valence-electron chi connectivity index (χ0n) is 6.62. The highest BCUT2D eigenvalue weighted by Gasteiger charge is 2.17. The molecule has 1 N–H and O–H groups in total. The van der Waals surface area contributed by atoms with E-state index in [-0.39, 0.29) is 5.69 Å². The Hall–Kier alpha value is -0.840. The number of carboxylic acids is 1. The van der Waals surface area contributed by atoms with Gasteiger partial charge in [0.25, 0.3) is 0 Å². The minimum absolute atomic E-state index is 0.0440. The first-order valence-electron chi connectivity index (χ1n) is 3.58. The highest BCUT2D eigenvalue weighted by molar-refractivity contribution is 7.14. The van der Waals surface area contributed by atoms with Crippen molar-refractivity contribution in [1.82, 2.24) is 4.37 Å². The summed E-state index contributed by atoms with van der Waals surface area (Å²) < 4.78 is 4.40. The maximum absolute atomic E-state index is 10.8. The molecule has 6 heteroatoms. The summed E-state index contributed by atoms with van der Waals surface area (Å²) in [6, 6.07) is 3.18. The van der Waals surface area contributed by atoms with Crippen molar-refractivity contribution < 1.29 is 9.90 Å². The molecule has 0 bridgehead atoms. The number of hydrogen-bond donors (Lipinski definition) is 1. The molecule has 1 aromatic carbocycles. The molecular weight excluding hydrogens is 245 g/mol. The number of aromatic nitrogens is 1. The zero-order chi connectivity index (χ0) is 10.3. The van der Waals surface area contributed by atoms with E-state index in [1.165, 1.54) is 0 Å². The van der Waals surface area contributed by atoms with Crippen molar-refractivity contribution in [3.05, 3.63) is 27.9 Å². The third kappa shape index (κ3) is 1.35. The number of hydrogen-bond acceptors (Lipinski definition) is 3. The number of rotatable bonds is 1. The first-order chi connectivity index (χ1) is 6.61. The molecule has 0 amide bonds. The Labute approximate surface area is 93.0 Å². The number of fused-ring (bicyclic) bond motifs is 1. The lowest BCUT2D eigenvalue weighted by molar-refractivity contribution is 0.0694. The van der Waals surface area contributed by atoms with E-state index >= 15 is 0 Å². The summed E-state index contributed by atoms with van der Waals surface area (Å²) in [5.74, 6) is -1.10. The van der Waals surface area contributed by atoms with Gasteiger partial charge in [0.1, 0.15) is 0 Å². The van der Waals surface area contributed by atoms with E-state index in [9.17, 15) is 4.79 Å². The van der Waals surface area contributed by atoms with Crippen molar-refractivity contribution in [2.75, 3.05) is 0 Å². The second kappa shape index (κ2) is 3.38. The van der Waals surface area contributed by atoms with Crippen molar-refractivity contribution in [1.29, 1.82) is 0 Å². The molecular formula is C8H3Cl2NO2S. The maximum atomic E-state index is 10.8. The fourth-order valence-electron chi connectivity index (χ4n) is 1.13. The molecule has 0 atom stereocenters. The Morgan fingerprint density at radius 2 is 2.00 bits per heavy atom. The Morgan fingerprint density at radius 1 is 1.36 bits per heavy atom. The van der Waals surface area contributed by atoms with Crippen LogP contribution >= 0.6 is 34.7 Å². The zero-order valence-corrected chi connectivity index (χ0v) is 8.95. The van der Waals surface area contributed by atoms with Crippen molar-refractivity contribution in [2.45, 2.75) is 0 Å². The van der Waals surface area contributed by atoms with Crippen LogP contribution in [0.25, 0.3) is 10.1 Å². The molecule has 2 rings (SSSR count). The number of halogens is 2. The van der Waals surface area contributed by atoms with E-state index in [2.05, 4.69) is 4.37 Å². The molecule has 1 heterocycles. The molecule has 1 aromatic heterocycles. The quantitative estimate of drug-likeness (QED) is 0.842. The third-order valence-corrected chi connectivity index (χ3v) is 3.35. The number of nitrogens with zero attached hydrogens (tertiary/aromatic N) is 1. The molecule has 72 valence electrons. The lowest BCUT2D eigenvalue weighted by Crippen LogP contribution is -1.96. The van der Waals surface area contributed by atoms with Crippen molar-refractivity contribution >= 4 is 50.8 Å². The number of benzene rings is 1. The average molecular weight is 248 g/mol. The molecule has 3 nitrogen and oxygen atoms in total. The topological polar surface area (TPSA) is 50.2 Å². The van der Waals surface area contributed by atoms with Gasteiger partial charge in [-0.1, -0.05) is 23.2 Å². The highest BCUT2D eigenvalue weighted by Crippen LogP contribution is 2.34. The Bertz CT molecular complexity index is 523. The summed E-state index contributed by atoms with van der Waals surface area (Å²) in [6.45, 7) is 0. The smallest absolute Gasteiger partial charge is 0.356 e. The standard InChI is InChI=1S/C8H3Cl2NO2S/c9-3-1-2-4(10)7-5(3)6(8(12)13)11-14-7/h1-2H,(H,12,13). The lowest BCUT2D eigenvalue weighted by atomic mass is 10.2. The van der Waals surface area contributed by atoms with Gasteiger partial charge >= 0.3 is 5.97 Å². The molecule has 14 heavy (non-hydrogen) atoms. The summed E-state index contributed by atoms with van der Waals surface area (Å²) >= 11 is 12.8. The average Bonchev–Trinajstić information content (AvgIpc) is 2.56. The Balaban J connectivity index is 2.90. The third-order valence-electron chi connectivity index (χ3n) is 1.73. The fraction of sp³-hybridized carbons (Fsp3) is 0. The van der Waals surface area contributed by atoms with Gasteiger partial charge < -0.3 is 5.11 Å². The summed E-state index contributed by atoms with van der Waals surface area (Å²) in [4.78, 5) is 10.8. The van der Waals surface area contributed by atoms with Gasteiger partial charge in [0.2, 0.25) is 0 Å². The van der Waals surface area contributed by atoms with Crippen LogP contribution in [-0.2, 0) is 0 Å². The van der Waals surface area contributed by atoms with Crippen LogP contribution in [0, 0.1) is 0 Å². The van der Waals surface area contributed by atoms with Crippen LogP contribution in [0.15, 0.2) is 12.1 Å². The van der Waals surface area contributed by atoms with Crippen LogP contribution < -0.4 is 0 Å². The predicted molar refractivity (Wildman–Crippen MR) is 56.6 cm³/mol. The number of carbonyl (C=O) groups is 1. The largest absolute Gasteiger partial charge is 0.476 e. The summed E-state index contributed by atoms with van der Waals surface area (Å²) in [7, 11) is 0. The van der Waals surface area contributed by atoms with E-state index in [1.807, 2.05) is 0 Å². The van der Waals surface area contributed by atoms with Crippen LogP contribution in [0.2, 0.25) is 10.0 Å². The van der Waals surface area contributed by atoms with Crippen LogP contribution in [0.1, 0.15) is 10.5 Å². The van der Waals surface area contributed by atoms with Gasteiger partial charge in [-0.05, 0) is 23.7 Å². The normalized spacial score (nSPS) is 10.7. The van der Waals surface area contributed by atoms with Gasteiger partial charge in [0.15, 0.2) is 5.69 Å². The molecule has 0 fully saturated rings. The molecule has 0 saturated heterocycles. The minimum Gasteiger partial charge on any atom is -0.476 e. The summed E-state index contributed by atoms with van der Waals surface area (Å²) in [5.41, 5.74) is -0.0440. The maximum Gasteiger partial charge on any atom is 0.356 e. The van der Waals surface area contributed by atoms with E-state index in [4.69, 9.17) is 28.3 Å². The van der Waals surface area contributed by atoms with E-state index in [0.717, 1.165) is 11.5 Å².